The van der Waals surface area contributed by atoms with Crippen LogP contribution < -0.4 is 11.1 Å². The highest BCUT2D eigenvalue weighted by Gasteiger charge is 2.24. The molecule has 1 unspecified atom stereocenters. The lowest BCUT2D eigenvalue weighted by Gasteiger charge is -2.30. The minimum absolute atomic E-state index is 0.00275. The van der Waals surface area contributed by atoms with Crippen LogP contribution in [0.25, 0.3) is 10.6 Å². The Labute approximate surface area is 157 Å². The zero-order valence-corrected chi connectivity index (χ0v) is 15.8. The number of nitrogens with one attached hydrogen (secondary N) is 1. The molecule has 1 aromatic carbocycles. The van der Waals surface area contributed by atoms with E-state index in [1.54, 1.807) is 0 Å². The molecule has 4 nitrogen and oxygen atoms in total. The van der Waals surface area contributed by atoms with Gasteiger partial charge in [0.1, 0.15) is 5.01 Å². The third-order valence-corrected chi connectivity index (χ3v) is 6.07. The van der Waals surface area contributed by atoms with Crippen molar-refractivity contribution in [2.75, 3.05) is 6.54 Å². The third kappa shape index (κ3) is 4.81. The van der Waals surface area contributed by atoms with E-state index >= 15 is 0 Å². The number of hydrogen-bond donors (Lipinski definition) is 2. The highest BCUT2D eigenvalue weighted by molar-refractivity contribution is 7.13. The van der Waals surface area contributed by atoms with Crippen LogP contribution in [0.3, 0.4) is 0 Å². The summed E-state index contributed by atoms with van der Waals surface area (Å²) in [5.41, 5.74) is 7.58. The summed E-state index contributed by atoms with van der Waals surface area (Å²) >= 11 is 7.73. The summed E-state index contributed by atoms with van der Waals surface area (Å²) in [6, 6.07) is 7.70. The maximum absolute atomic E-state index is 12.4. The van der Waals surface area contributed by atoms with Gasteiger partial charge in [0.05, 0.1) is 17.1 Å². The highest BCUT2D eigenvalue weighted by atomic mass is 35.5. The van der Waals surface area contributed by atoms with Crippen LogP contribution in [0, 0.1) is 5.92 Å². The Balaban J connectivity index is 1.60. The van der Waals surface area contributed by atoms with Crippen molar-refractivity contribution < 1.29 is 4.79 Å². The quantitative estimate of drug-likeness (QED) is 0.798. The van der Waals surface area contributed by atoms with Crippen molar-refractivity contribution in [1.29, 1.82) is 0 Å². The fraction of sp³-hybridized carbons (Fsp3) is 0.474. The fourth-order valence-electron chi connectivity index (χ4n) is 3.47. The van der Waals surface area contributed by atoms with Gasteiger partial charge in [-0.2, -0.15) is 0 Å². The Morgan fingerprint density at radius 1 is 1.32 bits per heavy atom. The van der Waals surface area contributed by atoms with Crippen LogP contribution in [0.1, 0.15) is 37.8 Å². The lowest BCUT2D eigenvalue weighted by Crippen LogP contribution is -2.46. The summed E-state index contributed by atoms with van der Waals surface area (Å²) in [6.45, 7) is 0.498. The molecule has 1 aromatic heterocycles. The first kappa shape index (κ1) is 18.4. The van der Waals surface area contributed by atoms with Gasteiger partial charge < -0.3 is 11.1 Å². The summed E-state index contributed by atoms with van der Waals surface area (Å²) in [6.07, 6.45) is 6.38. The molecule has 0 spiro atoms. The molecule has 0 radical (unpaired) electrons. The number of benzene rings is 1. The Kier molecular flexibility index (Phi) is 6.45. The molecule has 134 valence electrons. The molecule has 3 rings (SSSR count). The molecule has 2 aromatic rings. The molecule has 0 saturated heterocycles. The second kappa shape index (κ2) is 8.79. The first-order chi connectivity index (χ1) is 12.2. The summed E-state index contributed by atoms with van der Waals surface area (Å²) in [4.78, 5) is 17.0. The number of nitrogens with zero attached hydrogens (tertiary/aromatic N) is 1. The average molecular weight is 378 g/mol. The van der Waals surface area contributed by atoms with Gasteiger partial charge in [-0.15, -0.1) is 11.3 Å². The van der Waals surface area contributed by atoms with Gasteiger partial charge in [0.25, 0.3) is 0 Å². The molecule has 0 aliphatic heterocycles. The van der Waals surface area contributed by atoms with Crippen LogP contribution in [-0.4, -0.2) is 23.5 Å². The summed E-state index contributed by atoms with van der Waals surface area (Å²) in [5, 5.41) is 6.56. The van der Waals surface area contributed by atoms with Crippen LogP contribution in [0.4, 0.5) is 0 Å². The van der Waals surface area contributed by atoms with E-state index in [1.165, 1.54) is 30.6 Å². The molecule has 6 heteroatoms. The van der Waals surface area contributed by atoms with Crippen molar-refractivity contribution in [3.8, 4) is 10.6 Å². The number of thiazole rings is 1. The molecule has 1 saturated carbocycles. The van der Waals surface area contributed by atoms with E-state index in [0.29, 0.717) is 17.5 Å². The Morgan fingerprint density at radius 2 is 2.08 bits per heavy atom. The third-order valence-electron chi connectivity index (χ3n) is 4.82. The van der Waals surface area contributed by atoms with Gasteiger partial charge >= 0.3 is 0 Å². The molecule has 0 bridgehead atoms. The van der Waals surface area contributed by atoms with Crippen molar-refractivity contribution in [3.63, 3.8) is 0 Å². The van der Waals surface area contributed by atoms with Gasteiger partial charge in [0.15, 0.2) is 0 Å². The average Bonchev–Trinajstić information content (AvgIpc) is 3.09. The molecule has 25 heavy (non-hydrogen) atoms. The van der Waals surface area contributed by atoms with Gasteiger partial charge in [0.2, 0.25) is 5.91 Å². The van der Waals surface area contributed by atoms with E-state index in [0.717, 1.165) is 29.1 Å². The number of nitrogens with two attached hydrogens (primary N) is 1. The number of amides is 1. The van der Waals surface area contributed by atoms with E-state index in [-0.39, 0.29) is 18.4 Å². The predicted octanol–water partition coefficient (Wildman–Crippen LogP) is 4.03. The normalized spacial score (nSPS) is 16.6. The molecule has 1 aliphatic rings. The van der Waals surface area contributed by atoms with Crippen molar-refractivity contribution in [1.82, 2.24) is 10.3 Å². The molecule has 1 aliphatic carbocycles. The van der Waals surface area contributed by atoms with Gasteiger partial charge in [-0.05, 0) is 24.8 Å². The first-order valence-corrected chi connectivity index (χ1v) is 10.1. The zero-order valence-electron chi connectivity index (χ0n) is 14.2. The smallest absolute Gasteiger partial charge is 0.226 e. The van der Waals surface area contributed by atoms with E-state index < -0.39 is 0 Å². The molecule has 3 N–H and O–H groups in total. The topological polar surface area (TPSA) is 68.0 Å². The second-order valence-electron chi connectivity index (χ2n) is 6.61. The molecule has 1 fully saturated rings. The Morgan fingerprint density at radius 3 is 2.80 bits per heavy atom. The number of carbonyl (C=O) groups excluding carboxylic acids is 1. The number of aromatic nitrogens is 1. The van der Waals surface area contributed by atoms with Crippen LogP contribution in [0.2, 0.25) is 5.02 Å². The van der Waals surface area contributed by atoms with E-state index in [2.05, 4.69) is 10.3 Å². The van der Waals surface area contributed by atoms with Gasteiger partial charge in [-0.3, -0.25) is 4.79 Å². The van der Waals surface area contributed by atoms with E-state index in [4.69, 9.17) is 17.3 Å². The summed E-state index contributed by atoms with van der Waals surface area (Å²) in [5.74, 6) is 0.508. The number of hydrogen-bond acceptors (Lipinski definition) is 4. The summed E-state index contributed by atoms with van der Waals surface area (Å²) < 4.78 is 0. The highest BCUT2D eigenvalue weighted by Crippen LogP contribution is 2.30. The number of rotatable bonds is 6. The lowest BCUT2D eigenvalue weighted by molar-refractivity contribution is -0.121. The van der Waals surface area contributed by atoms with Crippen LogP contribution in [-0.2, 0) is 11.2 Å². The van der Waals surface area contributed by atoms with Crippen LogP contribution in [0.15, 0.2) is 29.6 Å². The van der Waals surface area contributed by atoms with E-state index in [1.807, 2.05) is 29.6 Å². The second-order valence-corrected chi connectivity index (χ2v) is 7.87. The standard InChI is InChI=1S/C19H24ClN3OS/c20-16-9-5-4-8-15(16)19-22-14(12-25-19)10-18(24)23-17(11-21)13-6-2-1-3-7-13/h4-5,8-9,12-13,17H,1-3,6-7,10-11,21H2,(H,23,24). The Hall–Kier alpha value is -1.43. The maximum Gasteiger partial charge on any atom is 0.226 e. The lowest BCUT2D eigenvalue weighted by atomic mass is 9.84. The van der Waals surface area contributed by atoms with Crippen molar-refractivity contribution in [2.45, 2.75) is 44.6 Å². The van der Waals surface area contributed by atoms with Crippen molar-refractivity contribution >= 4 is 28.8 Å². The minimum Gasteiger partial charge on any atom is -0.351 e. The van der Waals surface area contributed by atoms with Crippen LogP contribution in [0.5, 0.6) is 0 Å². The predicted molar refractivity (Wildman–Crippen MR) is 104 cm³/mol. The number of halogens is 1. The maximum atomic E-state index is 12.4. The molecular weight excluding hydrogens is 354 g/mol. The first-order valence-electron chi connectivity index (χ1n) is 8.86. The molecule has 1 amide bonds. The monoisotopic (exact) mass is 377 g/mol. The minimum atomic E-state index is -0.00275. The van der Waals surface area contributed by atoms with Gasteiger partial charge in [-0.1, -0.05) is 49.1 Å². The van der Waals surface area contributed by atoms with Crippen molar-refractivity contribution in [2.24, 2.45) is 11.7 Å². The molecule has 1 atom stereocenters. The summed E-state index contributed by atoms with van der Waals surface area (Å²) in [7, 11) is 0. The van der Waals surface area contributed by atoms with Crippen molar-refractivity contribution in [3.05, 3.63) is 40.4 Å². The molecular formula is C19H24ClN3OS. The Bertz CT molecular complexity index is 712. The van der Waals surface area contributed by atoms with E-state index in [9.17, 15) is 4.79 Å². The SMILES string of the molecule is NCC(NC(=O)Cc1csc(-c2ccccc2Cl)n1)C1CCCCC1. The van der Waals surface area contributed by atoms with Gasteiger partial charge in [-0.25, -0.2) is 4.98 Å². The zero-order chi connectivity index (χ0) is 17.6. The fourth-order valence-corrected chi connectivity index (χ4v) is 4.61. The van der Waals surface area contributed by atoms with Crippen LogP contribution >= 0.6 is 22.9 Å². The number of carbonyl (C=O) groups is 1. The molecule has 1 heterocycles. The largest absolute Gasteiger partial charge is 0.351 e. The van der Waals surface area contributed by atoms with Gasteiger partial charge in [0, 0.05) is 23.5 Å².